The first-order valence-corrected chi connectivity index (χ1v) is 50.3. The van der Waals surface area contributed by atoms with E-state index in [-0.39, 0.29) is 5.92 Å². The molecular formula is C102H128NO11P3. The molecule has 15 heteroatoms. The molecule has 0 fully saturated rings. The lowest BCUT2D eigenvalue weighted by Crippen LogP contribution is -2.24. The Morgan fingerprint density at radius 3 is 0.726 bits per heavy atom. The molecule has 8 atom stereocenters. The molecule has 9 aromatic rings. The molecule has 5 heterocycles. The van der Waals surface area contributed by atoms with E-state index in [1.807, 2.05) is 128 Å². The molecule has 0 amide bonds. The molecule has 14 rings (SSSR count). The zero-order chi connectivity index (χ0) is 80.7. The predicted molar refractivity (Wildman–Crippen MR) is 479 cm³/mol. The first-order valence-electron chi connectivity index (χ1n) is 45.7. The van der Waals surface area contributed by atoms with Crippen molar-refractivity contribution in [1.29, 1.82) is 0 Å². The smallest absolute Gasteiger partial charge is 0.450 e. The zero-order valence-corrected chi connectivity index (χ0v) is 73.0. The van der Waals surface area contributed by atoms with Crippen LogP contribution in [0.5, 0.6) is 46.0 Å². The van der Waals surface area contributed by atoms with Gasteiger partial charge in [-0.3, -0.25) is 4.98 Å². The van der Waals surface area contributed by atoms with Crippen molar-refractivity contribution >= 4 is 38.7 Å². The molecule has 1 aliphatic carbocycles. The van der Waals surface area contributed by atoms with Crippen molar-refractivity contribution in [1.82, 2.24) is 4.98 Å². The van der Waals surface area contributed by atoms with Crippen LogP contribution in [0.2, 0.25) is 0 Å². The molecule has 12 nitrogen and oxygen atoms in total. The topological polar surface area (TPSA) is 138 Å². The molecule has 5 aliphatic rings. The molecule has 6 unspecified atom stereocenters. The molecule has 8 aromatic carbocycles. The van der Waals surface area contributed by atoms with Gasteiger partial charge in [0.15, 0.2) is 0 Å². The summed E-state index contributed by atoms with van der Waals surface area (Å²) in [6, 6.07) is 57.3. The summed E-state index contributed by atoms with van der Waals surface area (Å²) in [5, 5.41) is 1.08. The Hall–Kier alpha value is -8.00. The summed E-state index contributed by atoms with van der Waals surface area (Å²) < 4.78 is 111. The summed E-state index contributed by atoms with van der Waals surface area (Å²) >= 11 is 0. The highest BCUT2D eigenvalue weighted by molar-refractivity contribution is 7.63. The Morgan fingerprint density at radius 1 is 0.248 bits per heavy atom. The molecule has 1 aromatic heterocycles. The first kappa shape index (κ1) is 85.4. The maximum atomic E-state index is 17.1. The van der Waals surface area contributed by atoms with Crippen molar-refractivity contribution in [3.63, 3.8) is 0 Å². The molecule has 0 spiro atoms. The van der Waals surface area contributed by atoms with E-state index in [9.17, 15) is 0 Å². The van der Waals surface area contributed by atoms with Crippen molar-refractivity contribution < 1.29 is 50.3 Å². The molecule has 0 N–H and O–H groups in total. The van der Waals surface area contributed by atoms with Gasteiger partial charge in [0.1, 0.15) is 46.0 Å². The molecule has 117 heavy (non-hydrogen) atoms. The van der Waals surface area contributed by atoms with E-state index in [0.717, 1.165) is 164 Å². The summed E-state index contributed by atoms with van der Waals surface area (Å²) in [7, 11) is -13.4. The molecule has 0 radical (unpaired) electrons. The second-order valence-electron chi connectivity index (χ2n) is 33.9. The third-order valence-electron chi connectivity index (χ3n) is 25.2. The Morgan fingerprint density at radius 2 is 0.470 bits per heavy atom. The van der Waals surface area contributed by atoms with Gasteiger partial charge in [0.05, 0.1) is 15.9 Å². The highest BCUT2D eigenvalue weighted by Gasteiger charge is 2.47. The Balaban J connectivity index is 1.06. The van der Waals surface area contributed by atoms with Crippen LogP contribution in [0.1, 0.15) is 365 Å². The minimum Gasteiger partial charge on any atom is -0.450 e. The SMILES string of the molecule is CCCCCCCCCCCC1c2cc3c4cc2OC(c2ccc(-c5ccncc5)cc2)Oc2cc5c(cc21)[C@H](CCCCCCCCCCC)c1cc2c(cc1OP(=O)(c1ccccc1)O5)OP(=O)(c1ccccc1)Oc1cc(c(cc1C2CCCCCCCCCCC)[C@@H]3CCCCCCCCCCC)OP(=O)(c1ccccc1)O4. The fourth-order valence-electron chi connectivity index (χ4n) is 18.5. The highest BCUT2D eigenvalue weighted by atomic mass is 31.2. The van der Waals surface area contributed by atoms with E-state index in [1.54, 1.807) is 12.1 Å². The normalized spacial score (nSPS) is 20.5. The quantitative estimate of drug-likeness (QED) is 0.0265. The van der Waals surface area contributed by atoms with Crippen LogP contribution >= 0.6 is 22.8 Å². The van der Waals surface area contributed by atoms with Crippen LogP contribution in [0.25, 0.3) is 11.1 Å². The van der Waals surface area contributed by atoms with Crippen LogP contribution < -0.4 is 52.5 Å². The van der Waals surface area contributed by atoms with E-state index in [1.165, 1.54) is 135 Å². The van der Waals surface area contributed by atoms with Crippen LogP contribution in [-0.2, 0) is 13.7 Å². The largest absolute Gasteiger partial charge is 0.462 e. The maximum absolute atomic E-state index is 17.1. The van der Waals surface area contributed by atoms with Crippen molar-refractivity contribution in [2.45, 2.75) is 314 Å². The third kappa shape index (κ3) is 21.4. The number of aromatic nitrogens is 1. The van der Waals surface area contributed by atoms with Crippen LogP contribution in [-0.4, -0.2) is 4.98 Å². The lowest BCUT2D eigenvalue weighted by Gasteiger charge is -2.38. The van der Waals surface area contributed by atoms with E-state index in [4.69, 9.17) is 36.6 Å². The molecule has 4 aliphatic heterocycles. The minimum atomic E-state index is -4.51. The van der Waals surface area contributed by atoms with Crippen molar-refractivity contribution in [2.24, 2.45) is 0 Å². The minimum absolute atomic E-state index is 0.321. The van der Waals surface area contributed by atoms with Crippen LogP contribution in [0.3, 0.4) is 0 Å². The third-order valence-corrected chi connectivity index (χ3v) is 30.6. The molecule has 0 saturated carbocycles. The fraction of sp³-hybridized carbons (Fsp3) is 0.480. The van der Waals surface area contributed by atoms with Gasteiger partial charge in [-0.05, 0) is 110 Å². The summed E-state index contributed by atoms with van der Waals surface area (Å²) in [5.74, 6) is 1.65. The number of hydrogen-bond donors (Lipinski definition) is 0. The van der Waals surface area contributed by atoms with E-state index < -0.39 is 46.8 Å². The molecule has 622 valence electrons. The number of nitrogens with zero attached hydrogens (tertiary/aromatic N) is 1. The van der Waals surface area contributed by atoms with E-state index in [0.29, 0.717) is 81.2 Å². The maximum Gasteiger partial charge on any atom is 0.462 e. The summed E-state index contributed by atoms with van der Waals surface area (Å²) in [6.45, 7) is 9.12. The summed E-state index contributed by atoms with van der Waals surface area (Å²) in [5.41, 5.74) is 9.85. The fourth-order valence-corrected chi connectivity index (χ4v) is 23.4. The number of hydrogen-bond acceptors (Lipinski definition) is 12. The Bertz CT molecular complexity index is 4570. The molecule has 8 bridgehead atoms. The average Bonchev–Trinajstić information content (AvgIpc) is 0.721. The predicted octanol–water partition coefficient (Wildman–Crippen LogP) is 30.6. The number of pyridine rings is 1. The Kier molecular flexibility index (Phi) is 30.9. The zero-order valence-electron chi connectivity index (χ0n) is 70.3. The van der Waals surface area contributed by atoms with Gasteiger partial charge in [-0.1, -0.05) is 338 Å². The van der Waals surface area contributed by atoms with Crippen LogP contribution in [0, 0.1) is 0 Å². The lowest BCUT2D eigenvalue weighted by atomic mass is 9.76. The number of unbranched alkanes of at least 4 members (excludes halogenated alkanes) is 32. The highest BCUT2D eigenvalue weighted by Crippen LogP contribution is 2.65. The Labute approximate surface area is 699 Å². The summed E-state index contributed by atoms with van der Waals surface area (Å²) in [4.78, 5) is 4.34. The van der Waals surface area contributed by atoms with Gasteiger partial charge in [-0.2, -0.15) is 0 Å². The van der Waals surface area contributed by atoms with Crippen LogP contribution in [0.4, 0.5) is 0 Å². The molecule has 0 saturated heterocycles. The number of rotatable bonds is 45. The van der Waals surface area contributed by atoms with Crippen molar-refractivity contribution in [3.05, 3.63) is 238 Å². The first-order chi connectivity index (χ1) is 57.5. The average molecular weight is 1640 g/mol. The van der Waals surface area contributed by atoms with Gasteiger partial charge in [-0.15, -0.1) is 0 Å². The number of benzene rings is 8. The van der Waals surface area contributed by atoms with Crippen molar-refractivity contribution in [3.8, 4) is 57.1 Å². The van der Waals surface area contributed by atoms with Gasteiger partial charge in [0.2, 0.25) is 0 Å². The van der Waals surface area contributed by atoms with Gasteiger partial charge in [-0.25, -0.2) is 13.7 Å². The molecular weight excluding hydrogens is 1510 g/mol. The monoisotopic (exact) mass is 1640 g/mol. The second-order valence-corrected chi connectivity index (χ2v) is 39.5. The summed E-state index contributed by atoms with van der Waals surface area (Å²) in [6.07, 6.45) is 46.8. The van der Waals surface area contributed by atoms with E-state index >= 15 is 13.7 Å². The van der Waals surface area contributed by atoms with Gasteiger partial charge >= 0.3 is 22.8 Å². The van der Waals surface area contributed by atoms with Gasteiger partial charge in [0, 0.05) is 110 Å². The van der Waals surface area contributed by atoms with Gasteiger partial charge in [0.25, 0.3) is 6.29 Å². The van der Waals surface area contributed by atoms with Gasteiger partial charge < -0.3 is 36.6 Å². The van der Waals surface area contributed by atoms with Crippen molar-refractivity contribution in [2.75, 3.05) is 0 Å². The van der Waals surface area contributed by atoms with E-state index in [2.05, 4.69) is 81.2 Å². The standard InChI is InChI=1S/C102H128NO11P3/c1-5-9-13-17-21-25-29-33-46-56-82-86-68-88-83(57-47-34-30-26-22-18-14-10-6-2)90-70-92-85(59-49-36-32-28-24-20-16-12-8-4)93-71-91-84(58-48-35-31-27-23-19-15-11-7-3)89-69-87(82)95-73-97(89)110-116(105,80-52-42-38-43-53-80)112-99(91)75-101(93)114-117(106,81-54-44-39-45-55-81)113-100(92)74-98(90)111-115(104,79-50-40-37-41-51-79)109-96(88)72-94(86)107-102(108-95)78-62-60-76(61-63-78)77-64-66-103-67-65-77/h37-45,50-55,60-75,82-85,102H,5-36,46-49,56-59H2,1-4H3/t82?,83-,84+,85?,102?,115?,116?,117?. The lowest BCUT2D eigenvalue weighted by molar-refractivity contribution is -0.000546. The number of ether oxygens (including phenoxy) is 2. The second kappa shape index (κ2) is 42.3. The van der Waals surface area contributed by atoms with Crippen LogP contribution in [0.15, 0.2) is 188 Å².